The second-order valence-electron chi connectivity index (χ2n) is 5.36. The Hall–Kier alpha value is -0.630. The number of benzene rings is 1. The Kier molecular flexibility index (Phi) is 2.66. The summed E-state index contributed by atoms with van der Waals surface area (Å²) in [5, 5.41) is -0.361. The molecular weight excluding hydrogens is 242 g/mol. The Morgan fingerprint density at radius 3 is 2.47 bits per heavy atom. The zero-order valence-corrected chi connectivity index (χ0v) is 10.5. The predicted molar refractivity (Wildman–Crippen MR) is 64.0 cm³/mol. The van der Waals surface area contributed by atoms with Gasteiger partial charge in [-0.25, -0.2) is 8.78 Å². The molecule has 0 aromatic heterocycles. The maximum Gasteiger partial charge on any atom is 0.128 e. The molecule has 0 N–H and O–H groups in total. The van der Waals surface area contributed by atoms with Crippen molar-refractivity contribution in [1.82, 2.24) is 0 Å². The molecule has 3 atom stereocenters. The number of hydrogen-bond acceptors (Lipinski definition) is 0. The second kappa shape index (κ2) is 3.94. The number of alkyl halides is 1. The van der Waals surface area contributed by atoms with E-state index in [-0.39, 0.29) is 17.0 Å². The van der Waals surface area contributed by atoms with Gasteiger partial charge in [0, 0.05) is 5.56 Å². The highest BCUT2D eigenvalue weighted by molar-refractivity contribution is 6.21. The van der Waals surface area contributed by atoms with Crippen molar-refractivity contribution in [1.29, 1.82) is 0 Å². The van der Waals surface area contributed by atoms with Gasteiger partial charge in [-0.15, -0.1) is 11.6 Å². The first-order chi connectivity index (χ1) is 8.09. The Balaban J connectivity index is 1.87. The molecule has 0 amide bonds. The third-order valence-corrected chi connectivity index (χ3v) is 4.91. The van der Waals surface area contributed by atoms with Crippen LogP contribution in [0.15, 0.2) is 12.1 Å². The molecular formula is C14H15ClF2. The van der Waals surface area contributed by atoms with Gasteiger partial charge in [0.15, 0.2) is 0 Å². The van der Waals surface area contributed by atoms with Gasteiger partial charge < -0.3 is 0 Å². The molecule has 2 saturated carbocycles. The molecule has 0 radical (unpaired) electrons. The van der Waals surface area contributed by atoms with Gasteiger partial charge in [-0.3, -0.25) is 0 Å². The van der Waals surface area contributed by atoms with Gasteiger partial charge in [-0.05, 0) is 55.2 Å². The average Bonchev–Trinajstić information content (AvgIpc) is 2.76. The Morgan fingerprint density at radius 2 is 1.82 bits per heavy atom. The van der Waals surface area contributed by atoms with E-state index < -0.39 is 0 Å². The number of aryl methyl sites for hydroxylation is 1. The highest BCUT2D eigenvalue weighted by atomic mass is 35.5. The van der Waals surface area contributed by atoms with E-state index in [4.69, 9.17) is 11.6 Å². The number of rotatable bonds is 2. The summed E-state index contributed by atoms with van der Waals surface area (Å²) in [4.78, 5) is 0. The maximum absolute atomic E-state index is 13.8. The van der Waals surface area contributed by atoms with Crippen molar-refractivity contribution in [3.8, 4) is 0 Å². The first kappa shape index (κ1) is 11.5. The fraction of sp³-hybridized carbons (Fsp3) is 0.571. The van der Waals surface area contributed by atoms with E-state index >= 15 is 0 Å². The van der Waals surface area contributed by atoms with E-state index in [1.165, 1.54) is 31.4 Å². The Bertz CT molecular complexity index is 448. The lowest BCUT2D eigenvalue weighted by Gasteiger charge is -2.13. The van der Waals surface area contributed by atoms with Gasteiger partial charge in [-0.1, -0.05) is 6.42 Å². The van der Waals surface area contributed by atoms with Gasteiger partial charge in [0.25, 0.3) is 0 Å². The maximum atomic E-state index is 13.8. The van der Waals surface area contributed by atoms with Crippen LogP contribution in [-0.4, -0.2) is 0 Å². The fourth-order valence-electron chi connectivity index (χ4n) is 3.39. The van der Waals surface area contributed by atoms with E-state index in [0.29, 0.717) is 28.9 Å². The lowest BCUT2D eigenvalue weighted by atomic mass is 10.0. The first-order valence-corrected chi connectivity index (χ1v) is 6.63. The van der Waals surface area contributed by atoms with E-state index in [9.17, 15) is 8.78 Å². The van der Waals surface area contributed by atoms with Gasteiger partial charge in [0.05, 0.1) is 5.38 Å². The molecule has 0 spiro atoms. The molecule has 2 aliphatic carbocycles. The summed E-state index contributed by atoms with van der Waals surface area (Å²) in [7, 11) is 0. The van der Waals surface area contributed by atoms with Crippen molar-refractivity contribution in [3.05, 3.63) is 34.9 Å². The third-order valence-electron chi connectivity index (χ3n) is 4.39. The monoisotopic (exact) mass is 256 g/mol. The van der Waals surface area contributed by atoms with E-state index in [1.54, 1.807) is 6.92 Å². The molecule has 0 aliphatic heterocycles. The van der Waals surface area contributed by atoms with E-state index in [2.05, 4.69) is 0 Å². The molecule has 0 heterocycles. The molecule has 2 fully saturated rings. The van der Waals surface area contributed by atoms with Crippen LogP contribution >= 0.6 is 11.6 Å². The largest absolute Gasteiger partial charge is 0.207 e. The smallest absolute Gasteiger partial charge is 0.128 e. The van der Waals surface area contributed by atoms with Crippen molar-refractivity contribution in [2.24, 2.45) is 17.8 Å². The summed E-state index contributed by atoms with van der Waals surface area (Å²) in [6, 6.07) is 2.52. The van der Waals surface area contributed by atoms with Crippen molar-refractivity contribution in [2.45, 2.75) is 31.6 Å². The lowest BCUT2D eigenvalue weighted by molar-refractivity contribution is 0.534. The molecule has 0 bridgehead atoms. The van der Waals surface area contributed by atoms with Crippen molar-refractivity contribution >= 4 is 11.6 Å². The highest BCUT2D eigenvalue weighted by Crippen LogP contribution is 2.64. The van der Waals surface area contributed by atoms with Crippen LogP contribution in [0.1, 0.15) is 35.8 Å². The van der Waals surface area contributed by atoms with Crippen LogP contribution in [0.25, 0.3) is 0 Å². The topological polar surface area (TPSA) is 0 Å². The minimum atomic E-state index is -0.367. The van der Waals surface area contributed by atoms with Crippen LogP contribution in [0.3, 0.4) is 0 Å². The molecule has 2 aliphatic rings. The van der Waals surface area contributed by atoms with Gasteiger partial charge in [0.2, 0.25) is 0 Å². The van der Waals surface area contributed by atoms with E-state index in [0.717, 1.165) is 0 Å². The zero-order chi connectivity index (χ0) is 12.2. The van der Waals surface area contributed by atoms with Crippen LogP contribution in [0.4, 0.5) is 8.78 Å². The van der Waals surface area contributed by atoms with Crippen molar-refractivity contribution in [2.75, 3.05) is 0 Å². The molecule has 1 aromatic carbocycles. The quantitative estimate of drug-likeness (QED) is 0.679. The molecule has 1 aromatic rings. The van der Waals surface area contributed by atoms with Gasteiger partial charge in [0.1, 0.15) is 11.6 Å². The summed E-state index contributed by atoms with van der Waals surface area (Å²) in [5.74, 6) is 0.941. The Morgan fingerprint density at radius 1 is 1.18 bits per heavy atom. The fourth-order valence-corrected chi connectivity index (χ4v) is 3.93. The van der Waals surface area contributed by atoms with Crippen molar-refractivity contribution < 1.29 is 8.78 Å². The highest BCUT2D eigenvalue weighted by Gasteiger charge is 2.56. The molecule has 3 heteroatoms. The van der Waals surface area contributed by atoms with E-state index in [1.807, 2.05) is 0 Å². The summed E-state index contributed by atoms with van der Waals surface area (Å²) in [5.41, 5.74) is 0.681. The summed E-state index contributed by atoms with van der Waals surface area (Å²) >= 11 is 6.33. The van der Waals surface area contributed by atoms with Crippen LogP contribution in [0.2, 0.25) is 0 Å². The molecule has 3 unspecified atom stereocenters. The van der Waals surface area contributed by atoms with Crippen LogP contribution in [-0.2, 0) is 0 Å². The molecule has 3 rings (SSSR count). The minimum absolute atomic E-state index is 0.339. The number of halogens is 3. The van der Waals surface area contributed by atoms with Gasteiger partial charge in [-0.2, -0.15) is 0 Å². The average molecular weight is 257 g/mol. The van der Waals surface area contributed by atoms with Gasteiger partial charge >= 0.3 is 0 Å². The SMILES string of the molecule is Cc1cc(F)c(C(Cl)C2C3CCCC32)cc1F. The number of fused-ring (bicyclic) bond motifs is 1. The number of hydrogen-bond donors (Lipinski definition) is 0. The van der Waals surface area contributed by atoms with Crippen LogP contribution < -0.4 is 0 Å². The standard InChI is InChI=1S/C14H15ClF2/c1-7-5-12(17)10(6-11(7)16)14(15)13-8-3-2-4-9(8)13/h5-6,8-9,13-14H,2-4H2,1H3. The molecule has 92 valence electrons. The normalized spacial score (nSPS) is 32.4. The first-order valence-electron chi connectivity index (χ1n) is 6.19. The minimum Gasteiger partial charge on any atom is -0.207 e. The second-order valence-corrected chi connectivity index (χ2v) is 5.83. The molecule has 17 heavy (non-hydrogen) atoms. The van der Waals surface area contributed by atoms with Crippen LogP contribution in [0, 0.1) is 36.3 Å². The zero-order valence-electron chi connectivity index (χ0n) is 9.72. The lowest BCUT2D eigenvalue weighted by Crippen LogP contribution is -2.03. The molecule has 0 nitrogen and oxygen atoms in total. The summed E-state index contributed by atoms with van der Waals surface area (Å²) in [6.45, 7) is 1.57. The summed E-state index contributed by atoms with van der Waals surface area (Å²) < 4.78 is 27.3. The third kappa shape index (κ3) is 1.77. The molecule has 0 saturated heterocycles. The van der Waals surface area contributed by atoms with Crippen molar-refractivity contribution in [3.63, 3.8) is 0 Å². The predicted octanol–water partition coefficient (Wildman–Crippen LogP) is 4.60. The van der Waals surface area contributed by atoms with Crippen LogP contribution in [0.5, 0.6) is 0 Å². The Labute approximate surface area is 105 Å². The summed E-state index contributed by atoms with van der Waals surface area (Å²) in [6.07, 6.45) is 3.67.